The summed E-state index contributed by atoms with van der Waals surface area (Å²) in [6.45, 7) is 1.15. The Balaban J connectivity index is 3.35. The molecule has 0 amide bonds. The van der Waals surface area contributed by atoms with Crippen molar-refractivity contribution in [2.24, 2.45) is 0 Å². The normalized spacial score (nSPS) is 11.3. The third-order valence-corrected chi connectivity index (χ3v) is 1.68. The van der Waals surface area contributed by atoms with Gasteiger partial charge in [-0.15, -0.1) is 13.2 Å². The number of alkyl halides is 3. The van der Waals surface area contributed by atoms with E-state index in [-0.39, 0.29) is 5.56 Å². The Morgan fingerprint density at radius 2 is 1.94 bits per heavy atom. The van der Waals surface area contributed by atoms with Gasteiger partial charge in [0.15, 0.2) is 0 Å². The fourth-order valence-corrected chi connectivity index (χ4v) is 1.06. The van der Waals surface area contributed by atoms with Crippen molar-refractivity contribution in [1.29, 1.82) is 0 Å². The molecule has 0 atom stereocenters. The Morgan fingerprint density at radius 3 is 2.38 bits per heavy atom. The molecule has 0 aliphatic heterocycles. The van der Waals surface area contributed by atoms with E-state index in [0.29, 0.717) is 6.07 Å². The summed E-state index contributed by atoms with van der Waals surface area (Å²) < 4.78 is 52.2. The van der Waals surface area contributed by atoms with Crippen molar-refractivity contribution in [2.75, 3.05) is 0 Å². The quantitative estimate of drug-likeness (QED) is 0.453. The molecule has 0 aliphatic rings. The zero-order valence-electron chi connectivity index (χ0n) is 7.84. The summed E-state index contributed by atoms with van der Waals surface area (Å²) in [5, 5.41) is 10.4. The summed E-state index contributed by atoms with van der Waals surface area (Å²) >= 11 is 0. The summed E-state index contributed by atoms with van der Waals surface area (Å²) in [5.41, 5.74) is -1.50. The van der Waals surface area contributed by atoms with Crippen LogP contribution in [-0.2, 0) is 0 Å². The highest BCUT2D eigenvalue weighted by atomic mass is 19.4. The van der Waals surface area contributed by atoms with Gasteiger partial charge in [-0.2, -0.15) is 4.39 Å². The highest BCUT2D eigenvalue weighted by Crippen LogP contribution is 2.36. The van der Waals surface area contributed by atoms with Crippen molar-refractivity contribution < 1.29 is 27.2 Å². The van der Waals surface area contributed by atoms with Crippen LogP contribution in [0.5, 0.6) is 5.75 Å². The van der Waals surface area contributed by atoms with Crippen molar-refractivity contribution in [3.8, 4) is 5.75 Å². The van der Waals surface area contributed by atoms with Crippen molar-refractivity contribution in [3.63, 3.8) is 0 Å². The average molecular weight is 239 g/mol. The number of nitro groups is 1. The summed E-state index contributed by atoms with van der Waals surface area (Å²) in [5.74, 6) is -2.51. The molecule has 0 saturated heterocycles. The number of nitrogens with zero attached hydrogens (tertiary/aromatic N) is 1. The zero-order valence-corrected chi connectivity index (χ0v) is 7.84. The van der Waals surface area contributed by atoms with Gasteiger partial charge >= 0.3 is 12.0 Å². The first kappa shape index (κ1) is 12.2. The number of hydrogen-bond acceptors (Lipinski definition) is 3. The smallest absolute Gasteiger partial charge is 0.398 e. The number of ether oxygens (including phenoxy) is 1. The van der Waals surface area contributed by atoms with Gasteiger partial charge in [-0.1, -0.05) is 6.07 Å². The maximum absolute atomic E-state index is 13.0. The van der Waals surface area contributed by atoms with Gasteiger partial charge in [-0.25, -0.2) is 0 Å². The van der Waals surface area contributed by atoms with E-state index in [2.05, 4.69) is 4.74 Å². The van der Waals surface area contributed by atoms with Gasteiger partial charge in [0, 0.05) is 0 Å². The Bertz CT molecular complexity index is 430. The van der Waals surface area contributed by atoms with Crippen LogP contribution in [0.15, 0.2) is 12.1 Å². The third-order valence-electron chi connectivity index (χ3n) is 1.68. The Kier molecular flexibility index (Phi) is 3.02. The van der Waals surface area contributed by atoms with Crippen LogP contribution in [0.2, 0.25) is 0 Å². The maximum atomic E-state index is 13.0. The van der Waals surface area contributed by atoms with E-state index in [1.807, 2.05) is 0 Å². The second kappa shape index (κ2) is 3.95. The second-order valence-electron chi connectivity index (χ2n) is 2.85. The van der Waals surface area contributed by atoms with E-state index >= 15 is 0 Å². The van der Waals surface area contributed by atoms with E-state index in [9.17, 15) is 27.7 Å². The number of halogens is 4. The molecule has 0 saturated carbocycles. The van der Waals surface area contributed by atoms with Crippen LogP contribution in [0.1, 0.15) is 5.56 Å². The predicted molar refractivity (Wildman–Crippen MR) is 44.5 cm³/mol. The average Bonchev–Trinajstić information content (AvgIpc) is 2.08. The van der Waals surface area contributed by atoms with Crippen LogP contribution in [0.3, 0.4) is 0 Å². The minimum atomic E-state index is -5.11. The maximum Gasteiger partial charge on any atom is 0.573 e. The summed E-state index contributed by atoms with van der Waals surface area (Å²) in [4.78, 5) is 9.14. The fraction of sp³-hybridized carbons (Fsp3) is 0.250. The van der Waals surface area contributed by atoms with Gasteiger partial charge in [0.05, 0.1) is 4.92 Å². The highest BCUT2D eigenvalue weighted by Gasteiger charge is 2.36. The van der Waals surface area contributed by atoms with Crippen molar-refractivity contribution in [1.82, 2.24) is 0 Å². The van der Waals surface area contributed by atoms with E-state index in [4.69, 9.17) is 0 Å². The molecule has 1 aromatic carbocycles. The lowest BCUT2D eigenvalue weighted by molar-refractivity contribution is -0.391. The first-order valence-corrected chi connectivity index (χ1v) is 3.91. The lowest BCUT2D eigenvalue weighted by Crippen LogP contribution is -2.19. The minimum absolute atomic E-state index is 0.176. The minimum Gasteiger partial charge on any atom is -0.398 e. The van der Waals surface area contributed by atoms with Crippen LogP contribution in [0.4, 0.5) is 23.2 Å². The van der Waals surface area contributed by atoms with Crippen LogP contribution in [0, 0.1) is 22.9 Å². The molecular weight excluding hydrogens is 234 g/mol. The number of nitro benzene ring substituents is 1. The third kappa shape index (κ3) is 2.59. The fourth-order valence-electron chi connectivity index (χ4n) is 1.06. The largest absolute Gasteiger partial charge is 0.573 e. The van der Waals surface area contributed by atoms with Crippen LogP contribution >= 0.6 is 0 Å². The molecule has 0 fully saturated rings. The number of rotatable bonds is 2. The monoisotopic (exact) mass is 239 g/mol. The van der Waals surface area contributed by atoms with Gasteiger partial charge in [0.2, 0.25) is 11.6 Å². The second-order valence-corrected chi connectivity index (χ2v) is 2.85. The molecule has 88 valence electrons. The lowest BCUT2D eigenvalue weighted by Gasteiger charge is -2.11. The molecule has 4 nitrogen and oxygen atoms in total. The topological polar surface area (TPSA) is 52.4 Å². The number of benzene rings is 1. The van der Waals surface area contributed by atoms with E-state index in [0.717, 1.165) is 13.0 Å². The molecule has 1 aromatic rings. The van der Waals surface area contributed by atoms with Gasteiger partial charge < -0.3 is 4.74 Å². The Labute approximate surface area is 86.6 Å². The predicted octanol–water partition coefficient (Wildman–Crippen LogP) is 2.94. The lowest BCUT2D eigenvalue weighted by atomic mass is 10.2. The molecule has 0 heterocycles. The zero-order chi connectivity index (χ0) is 12.5. The molecule has 0 N–H and O–H groups in total. The first-order chi connectivity index (χ1) is 7.22. The van der Waals surface area contributed by atoms with E-state index < -0.39 is 28.5 Å². The molecule has 0 bridgehead atoms. The van der Waals surface area contributed by atoms with Crippen LogP contribution in [-0.4, -0.2) is 11.3 Å². The highest BCUT2D eigenvalue weighted by molar-refractivity contribution is 5.52. The molecule has 1 rings (SSSR count). The molecular formula is C8H5F4NO3. The van der Waals surface area contributed by atoms with Crippen molar-refractivity contribution in [3.05, 3.63) is 33.6 Å². The van der Waals surface area contributed by atoms with Gasteiger partial charge in [0.25, 0.3) is 0 Å². The molecule has 16 heavy (non-hydrogen) atoms. The van der Waals surface area contributed by atoms with Crippen molar-refractivity contribution in [2.45, 2.75) is 13.3 Å². The molecule has 0 aliphatic carbocycles. The molecule has 0 spiro atoms. The van der Waals surface area contributed by atoms with Crippen molar-refractivity contribution >= 4 is 5.69 Å². The standard InChI is InChI=1S/C8H5F4NO3/c1-4-2-3-5(9)6(13(14)15)7(4)16-8(10,11)12/h2-3H,1H3. The first-order valence-electron chi connectivity index (χ1n) is 3.91. The number of aryl methyl sites for hydroxylation is 1. The van der Waals surface area contributed by atoms with Crippen LogP contribution < -0.4 is 4.74 Å². The SMILES string of the molecule is Cc1ccc(F)c([N+](=O)[O-])c1OC(F)(F)F. The van der Waals surface area contributed by atoms with Gasteiger partial charge in [0.1, 0.15) is 0 Å². The Morgan fingerprint density at radius 1 is 1.38 bits per heavy atom. The van der Waals surface area contributed by atoms with E-state index in [1.54, 1.807) is 0 Å². The van der Waals surface area contributed by atoms with Gasteiger partial charge in [-0.05, 0) is 18.6 Å². The molecule has 0 radical (unpaired) electrons. The summed E-state index contributed by atoms with van der Waals surface area (Å²) in [7, 11) is 0. The number of hydrogen-bond donors (Lipinski definition) is 0. The van der Waals surface area contributed by atoms with E-state index in [1.165, 1.54) is 0 Å². The summed E-state index contributed by atoms with van der Waals surface area (Å²) in [6.07, 6.45) is -5.11. The molecule has 8 heteroatoms. The van der Waals surface area contributed by atoms with Crippen LogP contribution in [0.25, 0.3) is 0 Å². The summed E-state index contributed by atoms with van der Waals surface area (Å²) in [6, 6.07) is 1.67. The molecule has 0 unspecified atom stereocenters. The van der Waals surface area contributed by atoms with Gasteiger partial charge in [-0.3, -0.25) is 10.1 Å². The molecule has 0 aromatic heterocycles. The Hall–Kier alpha value is -1.86.